The Morgan fingerprint density at radius 1 is 1.36 bits per heavy atom. The number of carbonyl (C=O) groups is 2. The molecule has 0 fully saturated rings. The van der Waals surface area contributed by atoms with Crippen molar-refractivity contribution in [2.24, 2.45) is 0 Å². The quantitative estimate of drug-likeness (QED) is 0.667. The number of hydrogen-bond donors (Lipinski definition) is 1. The molecule has 0 unspecified atom stereocenters. The number of benzene rings is 1. The molecule has 0 aliphatic rings. The van der Waals surface area contributed by atoms with E-state index in [0.29, 0.717) is 38.6 Å². The van der Waals surface area contributed by atoms with Gasteiger partial charge in [0.25, 0.3) is 5.91 Å². The molecule has 25 heavy (non-hydrogen) atoms. The summed E-state index contributed by atoms with van der Waals surface area (Å²) in [5.74, 6) is -0.440. The molecule has 3 rings (SSSR count). The first-order valence-electron chi connectivity index (χ1n) is 7.04. The molecule has 128 valence electrons. The Morgan fingerprint density at radius 2 is 2.16 bits per heavy atom. The predicted octanol–water partition coefficient (Wildman–Crippen LogP) is 3.46. The fourth-order valence-electron chi connectivity index (χ4n) is 2.09. The highest BCUT2D eigenvalue weighted by Crippen LogP contribution is 2.23. The summed E-state index contributed by atoms with van der Waals surface area (Å²) in [6, 6.07) is 5.26. The van der Waals surface area contributed by atoms with Crippen molar-refractivity contribution in [2.75, 3.05) is 5.32 Å². The van der Waals surface area contributed by atoms with Crippen LogP contribution in [0.2, 0.25) is 10.0 Å². The summed E-state index contributed by atoms with van der Waals surface area (Å²) in [5, 5.41) is 11.8. The molecule has 10 heteroatoms. The van der Waals surface area contributed by atoms with Crippen molar-refractivity contribution in [3.63, 3.8) is 0 Å². The van der Waals surface area contributed by atoms with Gasteiger partial charge in [-0.05, 0) is 24.6 Å². The Hall–Kier alpha value is -2.29. The number of thiazole rings is 1. The minimum absolute atomic E-state index is 0.183. The number of amides is 1. The van der Waals surface area contributed by atoms with Gasteiger partial charge >= 0.3 is 0 Å². The van der Waals surface area contributed by atoms with Gasteiger partial charge in [-0.25, -0.2) is 9.67 Å². The summed E-state index contributed by atoms with van der Waals surface area (Å²) >= 11 is 13.0. The highest BCUT2D eigenvalue weighted by molar-refractivity contribution is 7.17. The molecule has 7 nitrogen and oxygen atoms in total. The van der Waals surface area contributed by atoms with Crippen LogP contribution in [0.15, 0.2) is 24.4 Å². The van der Waals surface area contributed by atoms with Gasteiger partial charge in [-0.15, -0.1) is 5.10 Å². The molecule has 2 aromatic heterocycles. The van der Waals surface area contributed by atoms with E-state index in [-0.39, 0.29) is 5.69 Å². The van der Waals surface area contributed by atoms with Crippen molar-refractivity contribution in [1.29, 1.82) is 0 Å². The molecule has 0 spiro atoms. The number of nitrogens with zero attached hydrogens (tertiary/aromatic N) is 4. The number of carbonyl (C=O) groups excluding carboxylic acids is 2. The molecule has 1 aromatic carbocycles. The summed E-state index contributed by atoms with van der Waals surface area (Å²) in [4.78, 5) is 27.3. The van der Waals surface area contributed by atoms with E-state index >= 15 is 0 Å². The standard InChI is InChI=1S/C15H11Cl2N5O2S/c1-8-13(14(24)19-15-18-5-10(7-23)25-15)20-21-22(8)6-9-2-3-11(16)12(17)4-9/h2-5,7H,6H2,1H3,(H,18,19,24). The zero-order valence-corrected chi connectivity index (χ0v) is 15.2. The van der Waals surface area contributed by atoms with Gasteiger partial charge in [0.2, 0.25) is 0 Å². The molecule has 0 radical (unpaired) electrons. The molecular weight excluding hydrogens is 385 g/mol. The number of aromatic nitrogens is 4. The Labute approximate surface area is 156 Å². The van der Waals surface area contributed by atoms with Gasteiger partial charge in [0.15, 0.2) is 17.1 Å². The minimum atomic E-state index is -0.440. The molecule has 2 heterocycles. The van der Waals surface area contributed by atoms with Gasteiger partial charge in [-0.3, -0.25) is 14.9 Å². The summed E-state index contributed by atoms with van der Waals surface area (Å²) in [6.07, 6.45) is 2.06. The van der Waals surface area contributed by atoms with Crippen molar-refractivity contribution >= 4 is 51.9 Å². The lowest BCUT2D eigenvalue weighted by Gasteiger charge is -2.05. The maximum Gasteiger partial charge on any atom is 0.279 e. The second kappa shape index (κ2) is 7.30. The van der Waals surface area contributed by atoms with Crippen LogP contribution >= 0.6 is 34.5 Å². The number of halogens is 2. The van der Waals surface area contributed by atoms with E-state index in [1.165, 1.54) is 6.20 Å². The van der Waals surface area contributed by atoms with Gasteiger partial charge in [-0.1, -0.05) is 45.8 Å². The first-order chi connectivity index (χ1) is 12.0. The van der Waals surface area contributed by atoms with Crippen LogP contribution in [-0.2, 0) is 6.54 Å². The number of anilines is 1. The fraction of sp³-hybridized carbons (Fsp3) is 0.133. The molecular formula is C15H11Cl2N5O2S. The van der Waals surface area contributed by atoms with Gasteiger partial charge in [0.1, 0.15) is 0 Å². The average molecular weight is 396 g/mol. The number of hydrogen-bond acceptors (Lipinski definition) is 6. The average Bonchev–Trinajstić information content (AvgIpc) is 3.18. The van der Waals surface area contributed by atoms with Crippen LogP contribution in [0.25, 0.3) is 0 Å². The lowest BCUT2D eigenvalue weighted by atomic mass is 10.2. The van der Waals surface area contributed by atoms with E-state index in [0.717, 1.165) is 16.9 Å². The first-order valence-corrected chi connectivity index (χ1v) is 8.61. The maximum atomic E-state index is 12.3. The maximum absolute atomic E-state index is 12.3. The van der Waals surface area contributed by atoms with E-state index in [1.807, 2.05) is 6.07 Å². The molecule has 0 aliphatic carbocycles. The zero-order valence-electron chi connectivity index (χ0n) is 12.9. The monoisotopic (exact) mass is 395 g/mol. The third-order valence-electron chi connectivity index (χ3n) is 3.37. The van der Waals surface area contributed by atoms with Crippen molar-refractivity contribution < 1.29 is 9.59 Å². The third-order valence-corrected chi connectivity index (χ3v) is 4.95. The third kappa shape index (κ3) is 3.87. The summed E-state index contributed by atoms with van der Waals surface area (Å²) in [5.41, 5.74) is 1.66. The van der Waals surface area contributed by atoms with Crippen molar-refractivity contribution in [1.82, 2.24) is 20.0 Å². The van der Waals surface area contributed by atoms with Crippen LogP contribution in [-0.4, -0.2) is 32.2 Å². The molecule has 0 atom stereocenters. The van der Waals surface area contributed by atoms with E-state index in [1.54, 1.807) is 23.7 Å². The number of aldehydes is 1. The second-order valence-corrected chi connectivity index (χ2v) is 6.95. The lowest BCUT2D eigenvalue weighted by Crippen LogP contribution is -2.14. The van der Waals surface area contributed by atoms with Crippen molar-refractivity contribution in [3.05, 3.63) is 56.3 Å². The Balaban J connectivity index is 1.76. The predicted molar refractivity (Wildman–Crippen MR) is 95.8 cm³/mol. The molecule has 0 aliphatic heterocycles. The highest BCUT2D eigenvalue weighted by Gasteiger charge is 2.18. The second-order valence-electron chi connectivity index (χ2n) is 5.07. The van der Waals surface area contributed by atoms with Crippen molar-refractivity contribution in [3.8, 4) is 0 Å². The van der Waals surface area contributed by atoms with Crippen LogP contribution in [0, 0.1) is 6.92 Å². The Morgan fingerprint density at radius 3 is 2.84 bits per heavy atom. The van der Waals surface area contributed by atoms with Crippen LogP contribution in [0.4, 0.5) is 5.13 Å². The van der Waals surface area contributed by atoms with Crippen LogP contribution in [0.1, 0.15) is 31.4 Å². The molecule has 3 aromatic rings. The highest BCUT2D eigenvalue weighted by atomic mass is 35.5. The van der Waals surface area contributed by atoms with Crippen LogP contribution < -0.4 is 5.32 Å². The topological polar surface area (TPSA) is 89.8 Å². The first kappa shape index (κ1) is 17.5. The smallest absolute Gasteiger partial charge is 0.279 e. The molecule has 0 saturated heterocycles. The van der Waals surface area contributed by atoms with Gasteiger partial charge in [0.05, 0.1) is 33.4 Å². The Bertz CT molecular complexity index is 953. The number of nitrogens with one attached hydrogen (secondary N) is 1. The van der Waals surface area contributed by atoms with E-state index in [9.17, 15) is 9.59 Å². The lowest BCUT2D eigenvalue weighted by molar-refractivity contribution is 0.102. The van der Waals surface area contributed by atoms with E-state index in [4.69, 9.17) is 23.2 Å². The van der Waals surface area contributed by atoms with E-state index < -0.39 is 5.91 Å². The summed E-state index contributed by atoms with van der Waals surface area (Å²) in [6.45, 7) is 2.14. The van der Waals surface area contributed by atoms with E-state index in [2.05, 4.69) is 20.6 Å². The molecule has 0 bridgehead atoms. The molecule has 1 N–H and O–H groups in total. The SMILES string of the molecule is Cc1c(C(=O)Nc2ncc(C=O)s2)nnn1Cc1ccc(Cl)c(Cl)c1. The summed E-state index contributed by atoms with van der Waals surface area (Å²) in [7, 11) is 0. The summed E-state index contributed by atoms with van der Waals surface area (Å²) < 4.78 is 1.59. The largest absolute Gasteiger partial charge is 0.297 e. The molecule has 0 saturated carbocycles. The minimum Gasteiger partial charge on any atom is -0.297 e. The fourth-order valence-corrected chi connectivity index (χ4v) is 3.03. The normalized spacial score (nSPS) is 10.7. The van der Waals surface area contributed by atoms with Gasteiger partial charge < -0.3 is 0 Å². The Kier molecular flexibility index (Phi) is 5.12. The van der Waals surface area contributed by atoms with Crippen LogP contribution in [0.3, 0.4) is 0 Å². The molecule has 1 amide bonds. The van der Waals surface area contributed by atoms with Crippen molar-refractivity contribution in [2.45, 2.75) is 13.5 Å². The van der Waals surface area contributed by atoms with Gasteiger partial charge in [0, 0.05) is 0 Å². The number of rotatable bonds is 5. The van der Waals surface area contributed by atoms with Crippen LogP contribution in [0.5, 0.6) is 0 Å². The van der Waals surface area contributed by atoms with Gasteiger partial charge in [-0.2, -0.15) is 0 Å². The zero-order chi connectivity index (χ0) is 18.0.